The Morgan fingerprint density at radius 3 is 2.65 bits per heavy atom. The first kappa shape index (κ1) is 14.2. The quantitative estimate of drug-likeness (QED) is 0.902. The van der Waals surface area contributed by atoms with E-state index in [4.69, 9.17) is 5.26 Å². The fourth-order valence-corrected chi connectivity index (χ4v) is 2.24. The third-order valence-electron chi connectivity index (χ3n) is 2.78. The van der Waals surface area contributed by atoms with E-state index in [1.807, 2.05) is 6.07 Å². The predicted octanol–water partition coefficient (Wildman–Crippen LogP) is 4.02. The SMILES string of the molecule is Cc1cc(F)ccc1C(=O)Nc1ccc(C#N)cc1Br. The molecule has 0 aromatic heterocycles. The molecule has 0 aliphatic carbocycles. The van der Waals surface area contributed by atoms with Crippen LogP contribution in [0, 0.1) is 24.1 Å². The molecule has 0 heterocycles. The van der Waals surface area contributed by atoms with E-state index in [2.05, 4.69) is 21.2 Å². The van der Waals surface area contributed by atoms with E-state index in [-0.39, 0.29) is 11.7 Å². The average Bonchev–Trinajstić information content (AvgIpc) is 2.40. The molecule has 2 aromatic rings. The number of carbonyl (C=O) groups excluding carboxylic acids is 1. The van der Waals surface area contributed by atoms with Gasteiger partial charge in [0.2, 0.25) is 0 Å². The monoisotopic (exact) mass is 332 g/mol. The molecule has 0 aliphatic rings. The summed E-state index contributed by atoms with van der Waals surface area (Å²) < 4.78 is 13.6. The average molecular weight is 333 g/mol. The van der Waals surface area contributed by atoms with Gasteiger partial charge in [0.25, 0.3) is 5.91 Å². The molecule has 1 amide bonds. The minimum absolute atomic E-state index is 0.326. The van der Waals surface area contributed by atoms with Gasteiger partial charge in [-0.3, -0.25) is 4.79 Å². The van der Waals surface area contributed by atoms with Crippen LogP contribution < -0.4 is 5.32 Å². The van der Waals surface area contributed by atoms with Crippen LogP contribution in [0.25, 0.3) is 0 Å². The molecule has 3 nitrogen and oxygen atoms in total. The van der Waals surface area contributed by atoms with Crippen molar-refractivity contribution >= 4 is 27.5 Å². The number of anilines is 1. The molecule has 0 saturated carbocycles. The van der Waals surface area contributed by atoms with E-state index in [9.17, 15) is 9.18 Å². The van der Waals surface area contributed by atoms with E-state index in [0.717, 1.165) is 0 Å². The zero-order valence-electron chi connectivity index (χ0n) is 10.6. The number of aryl methyl sites for hydroxylation is 1. The first-order chi connectivity index (χ1) is 9.51. The highest BCUT2D eigenvalue weighted by Crippen LogP contribution is 2.24. The summed E-state index contributed by atoms with van der Waals surface area (Å²) >= 11 is 3.29. The first-order valence-corrected chi connectivity index (χ1v) is 6.57. The maximum Gasteiger partial charge on any atom is 0.255 e. The number of amides is 1. The number of hydrogen-bond donors (Lipinski definition) is 1. The second-order valence-corrected chi connectivity index (χ2v) is 5.07. The van der Waals surface area contributed by atoms with Crippen molar-refractivity contribution in [2.24, 2.45) is 0 Å². The Bertz CT molecular complexity index is 722. The summed E-state index contributed by atoms with van der Waals surface area (Å²) in [6.45, 7) is 1.67. The highest BCUT2D eigenvalue weighted by Gasteiger charge is 2.11. The van der Waals surface area contributed by atoms with Crippen molar-refractivity contribution < 1.29 is 9.18 Å². The molecule has 2 aromatic carbocycles. The summed E-state index contributed by atoms with van der Waals surface area (Å²) in [5, 5.41) is 11.5. The molecule has 0 spiro atoms. The first-order valence-electron chi connectivity index (χ1n) is 5.78. The third kappa shape index (κ3) is 3.03. The number of halogens is 2. The lowest BCUT2D eigenvalue weighted by atomic mass is 10.1. The summed E-state index contributed by atoms with van der Waals surface area (Å²) in [7, 11) is 0. The van der Waals surface area contributed by atoms with Gasteiger partial charge in [0, 0.05) is 10.0 Å². The highest BCUT2D eigenvalue weighted by molar-refractivity contribution is 9.10. The van der Waals surface area contributed by atoms with Gasteiger partial charge < -0.3 is 5.32 Å². The minimum atomic E-state index is -0.376. The van der Waals surface area contributed by atoms with E-state index < -0.39 is 0 Å². The molecular weight excluding hydrogens is 323 g/mol. The van der Waals surface area contributed by atoms with Crippen molar-refractivity contribution in [1.29, 1.82) is 5.26 Å². The Labute approximate surface area is 124 Å². The van der Waals surface area contributed by atoms with Gasteiger partial charge in [-0.25, -0.2) is 4.39 Å². The molecule has 0 saturated heterocycles. The Morgan fingerprint density at radius 2 is 2.05 bits per heavy atom. The molecule has 0 aliphatic heterocycles. The van der Waals surface area contributed by atoms with Gasteiger partial charge in [-0.05, 0) is 64.8 Å². The fraction of sp³-hybridized carbons (Fsp3) is 0.0667. The van der Waals surface area contributed by atoms with Gasteiger partial charge in [0.15, 0.2) is 0 Å². The standard InChI is InChI=1S/C15H10BrFN2O/c1-9-6-11(17)3-4-12(9)15(20)19-14-5-2-10(8-18)7-13(14)16/h2-7H,1H3,(H,19,20). The lowest BCUT2D eigenvalue weighted by Crippen LogP contribution is -2.13. The number of nitrogens with zero attached hydrogens (tertiary/aromatic N) is 1. The molecule has 1 N–H and O–H groups in total. The number of hydrogen-bond acceptors (Lipinski definition) is 2. The summed E-state index contributed by atoms with van der Waals surface area (Å²) in [5.41, 5.74) is 2.01. The van der Waals surface area contributed by atoms with E-state index in [1.54, 1.807) is 25.1 Å². The molecule has 100 valence electrons. The van der Waals surface area contributed by atoms with E-state index >= 15 is 0 Å². The van der Waals surface area contributed by atoms with Crippen LogP contribution in [0.3, 0.4) is 0 Å². The Kier molecular flexibility index (Phi) is 4.16. The van der Waals surface area contributed by atoms with Gasteiger partial charge in [-0.1, -0.05) is 0 Å². The van der Waals surface area contributed by atoms with Crippen molar-refractivity contribution in [2.45, 2.75) is 6.92 Å². The maximum atomic E-state index is 13.0. The van der Waals surface area contributed by atoms with E-state index in [1.165, 1.54) is 18.2 Å². The van der Waals surface area contributed by atoms with Crippen LogP contribution in [0.2, 0.25) is 0 Å². The molecule has 2 rings (SSSR count). The molecule has 0 atom stereocenters. The van der Waals surface area contributed by atoms with Crippen LogP contribution in [0.4, 0.5) is 10.1 Å². The number of nitriles is 1. The summed E-state index contributed by atoms with van der Waals surface area (Å²) in [6.07, 6.45) is 0. The summed E-state index contributed by atoms with van der Waals surface area (Å²) in [4.78, 5) is 12.1. The van der Waals surface area contributed by atoms with Crippen LogP contribution >= 0.6 is 15.9 Å². The lowest BCUT2D eigenvalue weighted by Gasteiger charge is -2.09. The van der Waals surface area contributed by atoms with Crippen molar-refractivity contribution in [3.05, 3.63) is 63.4 Å². The number of rotatable bonds is 2. The fourth-order valence-electron chi connectivity index (χ4n) is 1.76. The molecule has 20 heavy (non-hydrogen) atoms. The second-order valence-electron chi connectivity index (χ2n) is 4.22. The Morgan fingerprint density at radius 1 is 1.30 bits per heavy atom. The number of nitrogens with one attached hydrogen (secondary N) is 1. The predicted molar refractivity (Wildman–Crippen MR) is 77.9 cm³/mol. The van der Waals surface area contributed by atoms with Crippen molar-refractivity contribution in [2.75, 3.05) is 5.32 Å². The van der Waals surface area contributed by atoms with Gasteiger partial charge in [0.05, 0.1) is 17.3 Å². The number of carbonyl (C=O) groups is 1. The smallest absolute Gasteiger partial charge is 0.255 e. The second kappa shape index (κ2) is 5.85. The molecular formula is C15H10BrFN2O. The van der Waals surface area contributed by atoms with Crippen molar-refractivity contribution in [3.63, 3.8) is 0 Å². The van der Waals surface area contributed by atoms with Gasteiger partial charge in [-0.2, -0.15) is 5.26 Å². The molecule has 0 unspecified atom stereocenters. The van der Waals surface area contributed by atoms with Crippen LogP contribution in [0.1, 0.15) is 21.5 Å². The normalized spacial score (nSPS) is 9.90. The Balaban J connectivity index is 2.26. The molecule has 5 heteroatoms. The van der Waals surface area contributed by atoms with Gasteiger partial charge in [-0.15, -0.1) is 0 Å². The van der Waals surface area contributed by atoms with Gasteiger partial charge >= 0.3 is 0 Å². The molecule has 0 bridgehead atoms. The summed E-state index contributed by atoms with van der Waals surface area (Å²) in [5.74, 6) is -0.702. The lowest BCUT2D eigenvalue weighted by molar-refractivity contribution is 0.102. The zero-order valence-corrected chi connectivity index (χ0v) is 12.2. The van der Waals surface area contributed by atoms with Crippen LogP contribution in [0.15, 0.2) is 40.9 Å². The molecule has 0 fully saturated rings. The van der Waals surface area contributed by atoms with Gasteiger partial charge in [0.1, 0.15) is 5.82 Å². The zero-order chi connectivity index (χ0) is 14.7. The van der Waals surface area contributed by atoms with Crippen LogP contribution in [-0.4, -0.2) is 5.91 Å². The maximum absolute atomic E-state index is 13.0. The van der Waals surface area contributed by atoms with Crippen molar-refractivity contribution in [3.8, 4) is 6.07 Å². The Hall–Kier alpha value is -2.19. The van der Waals surface area contributed by atoms with E-state index in [0.29, 0.717) is 26.9 Å². The number of benzene rings is 2. The third-order valence-corrected chi connectivity index (χ3v) is 3.44. The molecule has 0 radical (unpaired) electrons. The highest BCUT2D eigenvalue weighted by atomic mass is 79.9. The van der Waals surface area contributed by atoms with Crippen molar-refractivity contribution in [1.82, 2.24) is 0 Å². The minimum Gasteiger partial charge on any atom is -0.321 e. The topological polar surface area (TPSA) is 52.9 Å². The van der Waals surface area contributed by atoms with Crippen LogP contribution in [0.5, 0.6) is 0 Å². The summed E-state index contributed by atoms with van der Waals surface area (Å²) in [6, 6.07) is 10.9. The largest absolute Gasteiger partial charge is 0.321 e. The van der Waals surface area contributed by atoms with Crippen LogP contribution in [-0.2, 0) is 0 Å².